The van der Waals surface area contributed by atoms with E-state index in [-0.39, 0.29) is 5.60 Å². The maximum absolute atomic E-state index is 5.37. The van der Waals surface area contributed by atoms with E-state index in [2.05, 4.69) is 37.1 Å². The number of pyridine rings is 1. The van der Waals surface area contributed by atoms with Gasteiger partial charge >= 0.3 is 0 Å². The molecule has 0 saturated carbocycles. The van der Waals surface area contributed by atoms with Gasteiger partial charge in [-0.2, -0.15) is 0 Å². The van der Waals surface area contributed by atoms with Crippen LogP contribution in [-0.4, -0.2) is 24.2 Å². The van der Waals surface area contributed by atoms with E-state index in [1.165, 1.54) is 5.56 Å². The average molecular weight is 222 g/mol. The molecule has 0 spiro atoms. The van der Waals surface area contributed by atoms with Crippen LogP contribution >= 0.6 is 0 Å². The van der Waals surface area contributed by atoms with Crippen molar-refractivity contribution in [3.05, 3.63) is 30.1 Å². The van der Waals surface area contributed by atoms with Crippen LogP contribution in [0.3, 0.4) is 0 Å². The first-order valence-corrected chi connectivity index (χ1v) is 5.73. The number of nitrogens with zero attached hydrogens (tertiary/aromatic N) is 1. The number of hydrogen-bond acceptors (Lipinski definition) is 3. The lowest BCUT2D eigenvalue weighted by Gasteiger charge is -2.24. The van der Waals surface area contributed by atoms with Crippen molar-refractivity contribution in [2.75, 3.05) is 13.7 Å². The maximum Gasteiger partial charge on any atom is 0.0634 e. The third kappa shape index (κ3) is 4.29. The summed E-state index contributed by atoms with van der Waals surface area (Å²) in [6, 6.07) is 4.39. The molecule has 3 heteroatoms. The van der Waals surface area contributed by atoms with E-state index in [1.54, 1.807) is 13.3 Å². The Morgan fingerprint density at radius 2 is 2.25 bits per heavy atom. The first-order chi connectivity index (χ1) is 7.55. The highest BCUT2D eigenvalue weighted by molar-refractivity contribution is 5.12. The Hall–Kier alpha value is -0.930. The molecule has 0 aromatic carbocycles. The standard InChI is InChI=1S/C13H22N2O/c1-11(12-6-5-8-14-10-12)15-9-7-13(2,3)16-4/h5-6,8,10-11,15H,7,9H2,1-4H3. The third-order valence-corrected chi connectivity index (χ3v) is 2.91. The molecule has 0 aliphatic heterocycles. The van der Waals surface area contributed by atoms with Gasteiger partial charge in [0.25, 0.3) is 0 Å². The quantitative estimate of drug-likeness (QED) is 0.803. The summed E-state index contributed by atoms with van der Waals surface area (Å²) in [6.45, 7) is 7.29. The Balaban J connectivity index is 2.34. The summed E-state index contributed by atoms with van der Waals surface area (Å²) in [7, 11) is 1.75. The van der Waals surface area contributed by atoms with Crippen LogP contribution in [0.1, 0.15) is 38.8 Å². The third-order valence-electron chi connectivity index (χ3n) is 2.91. The Bertz CT molecular complexity index is 298. The highest BCUT2D eigenvalue weighted by Crippen LogP contribution is 2.14. The normalized spacial score (nSPS) is 13.8. The molecule has 16 heavy (non-hydrogen) atoms. The van der Waals surface area contributed by atoms with Crippen molar-refractivity contribution in [2.24, 2.45) is 0 Å². The van der Waals surface area contributed by atoms with Crippen LogP contribution in [0, 0.1) is 0 Å². The van der Waals surface area contributed by atoms with Crippen molar-refractivity contribution < 1.29 is 4.74 Å². The van der Waals surface area contributed by atoms with Gasteiger partial charge in [0.05, 0.1) is 5.60 Å². The van der Waals surface area contributed by atoms with Crippen LogP contribution in [0.2, 0.25) is 0 Å². The van der Waals surface area contributed by atoms with E-state index >= 15 is 0 Å². The molecular weight excluding hydrogens is 200 g/mol. The Morgan fingerprint density at radius 3 is 2.81 bits per heavy atom. The van der Waals surface area contributed by atoms with Crippen LogP contribution < -0.4 is 5.32 Å². The summed E-state index contributed by atoms with van der Waals surface area (Å²) < 4.78 is 5.37. The van der Waals surface area contributed by atoms with Crippen LogP contribution in [0.4, 0.5) is 0 Å². The van der Waals surface area contributed by atoms with Crippen LogP contribution in [0.5, 0.6) is 0 Å². The van der Waals surface area contributed by atoms with Gasteiger partial charge < -0.3 is 10.1 Å². The molecule has 0 fully saturated rings. The number of hydrogen-bond donors (Lipinski definition) is 1. The predicted molar refractivity (Wildman–Crippen MR) is 66.4 cm³/mol. The number of aromatic nitrogens is 1. The average Bonchev–Trinajstić information content (AvgIpc) is 2.30. The molecule has 1 atom stereocenters. The van der Waals surface area contributed by atoms with E-state index < -0.39 is 0 Å². The Morgan fingerprint density at radius 1 is 1.50 bits per heavy atom. The minimum atomic E-state index is -0.0539. The maximum atomic E-state index is 5.37. The zero-order valence-electron chi connectivity index (χ0n) is 10.7. The lowest BCUT2D eigenvalue weighted by Crippen LogP contribution is -2.30. The first-order valence-electron chi connectivity index (χ1n) is 5.73. The lowest BCUT2D eigenvalue weighted by molar-refractivity contribution is 0.0154. The van der Waals surface area contributed by atoms with E-state index in [0.29, 0.717) is 6.04 Å². The molecule has 0 amide bonds. The number of rotatable bonds is 6. The fourth-order valence-electron chi connectivity index (χ4n) is 1.44. The fourth-order valence-corrected chi connectivity index (χ4v) is 1.44. The SMILES string of the molecule is COC(C)(C)CCNC(C)c1cccnc1. The zero-order valence-corrected chi connectivity index (χ0v) is 10.7. The molecule has 0 saturated heterocycles. The summed E-state index contributed by atoms with van der Waals surface area (Å²) in [6.07, 6.45) is 4.69. The van der Waals surface area contributed by atoms with E-state index in [4.69, 9.17) is 4.74 Å². The van der Waals surface area contributed by atoms with Crippen LogP contribution in [-0.2, 0) is 4.74 Å². The Kier molecular flexibility index (Phi) is 4.90. The van der Waals surface area contributed by atoms with Gasteiger partial charge in [-0.3, -0.25) is 4.98 Å². The smallest absolute Gasteiger partial charge is 0.0634 e. The van der Waals surface area contributed by atoms with E-state index in [0.717, 1.165) is 13.0 Å². The van der Waals surface area contributed by atoms with Gasteiger partial charge in [-0.1, -0.05) is 6.07 Å². The highest BCUT2D eigenvalue weighted by Gasteiger charge is 2.16. The van der Waals surface area contributed by atoms with Crippen molar-refractivity contribution in [3.8, 4) is 0 Å². The monoisotopic (exact) mass is 222 g/mol. The fraction of sp³-hybridized carbons (Fsp3) is 0.615. The molecule has 3 nitrogen and oxygen atoms in total. The van der Waals surface area contributed by atoms with Crippen LogP contribution in [0.25, 0.3) is 0 Å². The molecule has 1 aromatic heterocycles. The van der Waals surface area contributed by atoms with Crippen molar-refractivity contribution in [1.82, 2.24) is 10.3 Å². The van der Waals surface area contributed by atoms with Gasteiger partial charge in [0.1, 0.15) is 0 Å². The molecule has 0 radical (unpaired) electrons. The van der Waals surface area contributed by atoms with Crippen molar-refractivity contribution in [1.29, 1.82) is 0 Å². The largest absolute Gasteiger partial charge is 0.379 e. The molecule has 90 valence electrons. The summed E-state index contributed by atoms with van der Waals surface area (Å²) in [4.78, 5) is 4.11. The molecule has 0 aliphatic carbocycles. The molecule has 1 unspecified atom stereocenters. The summed E-state index contributed by atoms with van der Waals surface area (Å²) >= 11 is 0. The molecule has 1 aromatic rings. The first kappa shape index (κ1) is 13.1. The topological polar surface area (TPSA) is 34.1 Å². The minimum absolute atomic E-state index is 0.0539. The summed E-state index contributed by atoms with van der Waals surface area (Å²) in [5.74, 6) is 0. The van der Waals surface area contributed by atoms with Gasteiger partial charge in [0, 0.05) is 25.5 Å². The zero-order chi connectivity index (χ0) is 12.0. The number of ether oxygens (including phenoxy) is 1. The Labute approximate surface area is 98.2 Å². The lowest BCUT2D eigenvalue weighted by atomic mass is 10.0. The van der Waals surface area contributed by atoms with Crippen molar-refractivity contribution in [2.45, 2.75) is 38.8 Å². The van der Waals surface area contributed by atoms with E-state index in [9.17, 15) is 0 Å². The van der Waals surface area contributed by atoms with Gasteiger partial charge in [-0.15, -0.1) is 0 Å². The molecular formula is C13H22N2O. The molecule has 1 N–H and O–H groups in total. The molecule has 1 heterocycles. The number of nitrogens with one attached hydrogen (secondary N) is 1. The second kappa shape index (κ2) is 5.97. The van der Waals surface area contributed by atoms with Gasteiger partial charge in [0.15, 0.2) is 0 Å². The van der Waals surface area contributed by atoms with E-state index in [1.807, 2.05) is 12.3 Å². The minimum Gasteiger partial charge on any atom is -0.379 e. The summed E-state index contributed by atoms with van der Waals surface area (Å²) in [5.41, 5.74) is 1.17. The molecule has 0 bridgehead atoms. The van der Waals surface area contributed by atoms with Gasteiger partial charge in [-0.05, 0) is 45.4 Å². The highest BCUT2D eigenvalue weighted by atomic mass is 16.5. The summed E-state index contributed by atoms with van der Waals surface area (Å²) in [5, 5.41) is 3.47. The predicted octanol–water partition coefficient (Wildman–Crippen LogP) is 2.55. The second-order valence-corrected chi connectivity index (χ2v) is 4.68. The van der Waals surface area contributed by atoms with Crippen LogP contribution in [0.15, 0.2) is 24.5 Å². The van der Waals surface area contributed by atoms with Gasteiger partial charge in [-0.25, -0.2) is 0 Å². The van der Waals surface area contributed by atoms with Gasteiger partial charge in [0.2, 0.25) is 0 Å². The number of methoxy groups -OCH3 is 1. The van der Waals surface area contributed by atoms with Crippen molar-refractivity contribution >= 4 is 0 Å². The molecule has 1 rings (SSSR count). The van der Waals surface area contributed by atoms with Crippen molar-refractivity contribution in [3.63, 3.8) is 0 Å². The molecule has 0 aliphatic rings. The second-order valence-electron chi connectivity index (χ2n) is 4.68.